The lowest BCUT2D eigenvalue weighted by molar-refractivity contribution is 0.0169. The third-order valence-electron chi connectivity index (χ3n) is 6.08. The van der Waals surface area contributed by atoms with Gasteiger partial charge in [0, 0.05) is 27.1 Å². The molecular formula is C25H25BrO5Si. The van der Waals surface area contributed by atoms with Gasteiger partial charge in [0.15, 0.2) is 25.7 Å². The van der Waals surface area contributed by atoms with E-state index in [4.69, 9.17) is 9.16 Å². The van der Waals surface area contributed by atoms with Crippen LogP contribution in [0.3, 0.4) is 0 Å². The molecule has 166 valence electrons. The van der Waals surface area contributed by atoms with E-state index in [1.54, 1.807) is 48.5 Å². The summed E-state index contributed by atoms with van der Waals surface area (Å²) in [4.78, 5) is 42.2. The monoisotopic (exact) mass is 512 g/mol. The van der Waals surface area contributed by atoms with Crippen LogP contribution in [0.2, 0.25) is 19.6 Å². The first-order valence-electron chi connectivity index (χ1n) is 10.5. The van der Waals surface area contributed by atoms with Crippen molar-refractivity contribution in [3.63, 3.8) is 0 Å². The number of benzene rings is 2. The average Bonchev–Trinajstić information content (AvgIpc) is 2.76. The number of ether oxygens (including phenoxy) is 1. The van der Waals surface area contributed by atoms with Crippen molar-refractivity contribution in [1.29, 1.82) is 0 Å². The van der Waals surface area contributed by atoms with Crippen molar-refractivity contribution in [2.45, 2.75) is 32.2 Å². The summed E-state index contributed by atoms with van der Waals surface area (Å²) in [6, 6.07) is 11.8. The Balaban J connectivity index is 2.01. The minimum absolute atomic E-state index is 0.193. The van der Waals surface area contributed by atoms with Crippen LogP contribution >= 0.6 is 15.9 Å². The van der Waals surface area contributed by atoms with Gasteiger partial charge in [-0.15, -0.1) is 0 Å². The molecule has 0 amide bonds. The number of hydrogen-bond acceptors (Lipinski definition) is 5. The minimum Gasteiger partial charge on any atom is -0.497 e. The summed E-state index contributed by atoms with van der Waals surface area (Å²) in [5.41, 5.74) is -0.720. The summed E-state index contributed by atoms with van der Waals surface area (Å²) in [7, 11) is -0.674. The van der Waals surface area contributed by atoms with Crippen molar-refractivity contribution < 1.29 is 23.5 Å². The number of methoxy groups -OCH3 is 1. The first kappa shape index (κ1) is 22.8. The summed E-state index contributed by atoms with van der Waals surface area (Å²) >= 11 is 3.47. The van der Waals surface area contributed by atoms with Gasteiger partial charge in [-0.25, -0.2) is 0 Å². The van der Waals surface area contributed by atoms with Crippen LogP contribution in [0, 0.1) is 11.3 Å². The van der Waals surface area contributed by atoms with Gasteiger partial charge < -0.3 is 9.16 Å². The lowest BCUT2D eigenvalue weighted by Gasteiger charge is -2.48. The van der Waals surface area contributed by atoms with Gasteiger partial charge in [-0.1, -0.05) is 52.3 Å². The molecule has 0 bridgehead atoms. The fourth-order valence-corrected chi connectivity index (χ4v) is 6.17. The average molecular weight is 513 g/mol. The Hall–Kier alpha value is -2.35. The fourth-order valence-electron chi connectivity index (χ4n) is 4.71. The number of allylic oxidation sites excluding steroid dienone is 1. The lowest BCUT2D eigenvalue weighted by Crippen LogP contribution is -2.61. The third kappa shape index (κ3) is 3.52. The van der Waals surface area contributed by atoms with E-state index in [2.05, 4.69) is 15.9 Å². The van der Waals surface area contributed by atoms with Crippen LogP contribution in [0.15, 0.2) is 59.1 Å². The van der Waals surface area contributed by atoms with Gasteiger partial charge in [0.1, 0.15) is 11.2 Å². The van der Waals surface area contributed by atoms with Crippen LogP contribution in [0.25, 0.3) is 0 Å². The fraction of sp³-hybridized carbons (Fsp3) is 0.320. The Morgan fingerprint density at radius 2 is 1.78 bits per heavy atom. The van der Waals surface area contributed by atoms with Gasteiger partial charge >= 0.3 is 0 Å². The highest BCUT2D eigenvalue weighted by atomic mass is 79.9. The van der Waals surface area contributed by atoms with Crippen LogP contribution < -0.4 is 4.74 Å². The largest absolute Gasteiger partial charge is 0.497 e. The maximum absolute atomic E-state index is 14.3. The maximum atomic E-state index is 14.3. The number of hydrogen-bond donors (Lipinski definition) is 0. The predicted octanol–water partition coefficient (Wildman–Crippen LogP) is 5.50. The van der Waals surface area contributed by atoms with Crippen molar-refractivity contribution in [3.8, 4) is 5.75 Å². The van der Waals surface area contributed by atoms with E-state index in [9.17, 15) is 14.4 Å². The zero-order valence-corrected chi connectivity index (χ0v) is 21.1. The molecule has 0 radical (unpaired) electrons. The quantitative estimate of drug-likeness (QED) is 0.229. The van der Waals surface area contributed by atoms with E-state index in [0.717, 1.165) is 0 Å². The van der Waals surface area contributed by atoms with E-state index < -0.39 is 31.5 Å². The maximum Gasteiger partial charge on any atom is 0.184 e. The predicted molar refractivity (Wildman–Crippen MR) is 128 cm³/mol. The second-order valence-electron chi connectivity index (χ2n) is 9.15. The first-order valence-corrected chi connectivity index (χ1v) is 14.7. The van der Waals surface area contributed by atoms with Gasteiger partial charge in [-0.3, -0.25) is 14.4 Å². The molecule has 0 fully saturated rings. The number of carbonyl (C=O) groups excluding carboxylic acids is 3. The number of rotatable bonds is 5. The molecule has 5 nitrogen and oxygen atoms in total. The van der Waals surface area contributed by atoms with Crippen LogP contribution in [-0.4, -0.2) is 38.9 Å². The highest BCUT2D eigenvalue weighted by molar-refractivity contribution is 9.10. The van der Waals surface area contributed by atoms with Crippen molar-refractivity contribution in [2.24, 2.45) is 11.3 Å². The number of carbonyl (C=O) groups is 3. The van der Waals surface area contributed by atoms with Crippen LogP contribution in [0.4, 0.5) is 0 Å². The van der Waals surface area contributed by atoms with E-state index in [-0.39, 0.29) is 17.1 Å². The van der Waals surface area contributed by atoms with Crippen molar-refractivity contribution in [2.75, 3.05) is 7.11 Å². The summed E-state index contributed by atoms with van der Waals surface area (Å²) < 4.78 is 12.3. The van der Waals surface area contributed by atoms with E-state index in [1.165, 1.54) is 7.11 Å². The minimum atomic E-state index is -2.19. The smallest absolute Gasteiger partial charge is 0.184 e. The molecule has 0 unspecified atom stereocenters. The van der Waals surface area contributed by atoms with Gasteiger partial charge in [0.05, 0.1) is 13.2 Å². The van der Waals surface area contributed by atoms with Gasteiger partial charge in [0.2, 0.25) is 0 Å². The number of fused-ring (bicyclic) bond motifs is 2. The van der Waals surface area contributed by atoms with Crippen LogP contribution in [0.5, 0.6) is 5.75 Å². The molecule has 0 N–H and O–H groups in total. The van der Waals surface area contributed by atoms with Gasteiger partial charge in [-0.05, 0) is 44.3 Å². The number of halogens is 1. The molecule has 0 saturated heterocycles. The summed E-state index contributed by atoms with van der Waals surface area (Å²) in [6.45, 7) is 6.02. The molecule has 4 rings (SSSR count). The van der Waals surface area contributed by atoms with Crippen molar-refractivity contribution in [3.05, 3.63) is 75.8 Å². The SMILES string of the molecule is COc1ccc(Br)c(C(=O)[C@@]23C(=O)c4ccccc4C(=O)[C@@H]2CC=C[C@H]3O[Si](C)(C)C)c1. The molecule has 32 heavy (non-hydrogen) atoms. The molecule has 3 atom stereocenters. The molecule has 0 spiro atoms. The summed E-state index contributed by atoms with van der Waals surface area (Å²) in [5.74, 6) is -1.31. The molecule has 0 aromatic heterocycles. The first-order chi connectivity index (χ1) is 15.1. The molecule has 2 aliphatic rings. The van der Waals surface area contributed by atoms with Crippen LogP contribution in [0.1, 0.15) is 37.5 Å². The van der Waals surface area contributed by atoms with Crippen molar-refractivity contribution >= 4 is 41.6 Å². The molecule has 2 aromatic carbocycles. The third-order valence-corrected chi connectivity index (χ3v) is 7.74. The Kier molecular flexibility index (Phi) is 5.86. The zero-order chi connectivity index (χ0) is 23.3. The number of Topliss-reactive ketones (excluding diaryl/α,β-unsaturated/α-hetero) is 3. The molecule has 0 aliphatic heterocycles. The Bertz CT molecular complexity index is 1150. The van der Waals surface area contributed by atoms with Crippen molar-refractivity contribution in [1.82, 2.24) is 0 Å². The van der Waals surface area contributed by atoms with Crippen LogP contribution in [-0.2, 0) is 4.43 Å². The van der Waals surface area contributed by atoms with E-state index >= 15 is 0 Å². The Labute approximate surface area is 197 Å². The number of ketones is 3. The highest BCUT2D eigenvalue weighted by Crippen LogP contribution is 2.51. The molecular weight excluding hydrogens is 488 g/mol. The summed E-state index contributed by atoms with van der Waals surface area (Å²) in [5, 5.41) is 0. The molecule has 0 saturated carbocycles. The summed E-state index contributed by atoms with van der Waals surface area (Å²) in [6.07, 6.45) is 3.13. The van der Waals surface area contributed by atoms with Gasteiger partial charge in [0.25, 0.3) is 0 Å². The Morgan fingerprint density at radius 3 is 2.44 bits per heavy atom. The normalized spacial score (nSPS) is 24.7. The van der Waals surface area contributed by atoms with Gasteiger partial charge in [-0.2, -0.15) is 0 Å². The molecule has 0 heterocycles. The zero-order valence-electron chi connectivity index (χ0n) is 18.5. The second-order valence-corrected chi connectivity index (χ2v) is 14.5. The Morgan fingerprint density at radius 1 is 1.09 bits per heavy atom. The standard InChI is InChI=1S/C25H25BrO5Si/c1-30-15-12-13-20(26)18(14-15)24(29)25-19(10-7-11-21(25)31-32(2,3)4)22(27)16-8-5-6-9-17(16)23(25)28/h5-9,11-14,19,21H,10H2,1-4H3/t19-,21+,25-/m0/s1. The highest BCUT2D eigenvalue weighted by Gasteiger charge is 2.63. The lowest BCUT2D eigenvalue weighted by atomic mass is 9.54. The van der Waals surface area contributed by atoms with E-state index in [1.807, 2.05) is 25.7 Å². The topological polar surface area (TPSA) is 69.7 Å². The molecule has 2 aromatic rings. The second kappa shape index (κ2) is 8.21. The molecule has 2 aliphatic carbocycles. The molecule has 7 heteroatoms. The van der Waals surface area contributed by atoms with E-state index in [0.29, 0.717) is 27.8 Å².